The average Bonchev–Trinajstić information content (AvgIpc) is 3.68. The SMILES string of the molecule is CC1CC2OC2CC1COC(=O)CCCCCCCCC(=O)OCC1CC2OC2CC1C. The van der Waals surface area contributed by atoms with E-state index in [0.29, 0.717) is 74.1 Å². The molecule has 6 heteroatoms. The summed E-state index contributed by atoms with van der Waals surface area (Å²) < 4.78 is 22.2. The molecular formula is C26H42O6. The minimum absolute atomic E-state index is 0.0603. The Hall–Kier alpha value is -1.14. The van der Waals surface area contributed by atoms with Gasteiger partial charge in [-0.25, -0.2) is 0 Å². The first-order valence-electron chi connectivity index (χ1n) is 13.1. The van der Waals surface area contributed by atoms with Gasteiger partial charge in [-0.2, -0.15) is 0 Å². The van der Waals surface area contributed by atoms with Gasteiger partial charge in [0.05, 0.1) is 37.6 Å². The molecule has 6 nitrogen and oxygen atoms in total. The molecule has 0 aromatic carbocycles. The molecule has 4 aliphatic rings. The molecule has 0 amide bonds. The van der Waals surface area contributed by atoms with E-state index in [0.717, 1.165) is 64.2 Å². The smallest absolute Gasteiger partial charge is 0.305 e. The lowest BCUT2D eigenvalue weighted by atomic mass is 9.81. The van der Waals surface area contributed by atoms with Crippen molar-refractivity contribution in [2.75, 3.05) is 13.2 Å². The number of fused-ring (bicyclic) bond motifs is 2. The van der Waals surface area contributed by atoms with Crippen molar-refractivity contribution in [1.29, 1.82) is 0 Å². The van der Waals surface area contributed by atoms with Crippen molar-refractivity contribution >= 4 is 11.9 Å². The number of rotatable bonds is 13. The van der Waals surface area contributed by atoms with Crippen LogP contribution in [-0.4, -0.2) is 49.6 Å². The molecule has 2 heterocycles. The van der Waals surface area contributed by atoms with Gasteiger partial charge in [0, 0.05) is 12.8 Å². The molecule has 182 valence electrons. The number of hydrogen-bond acceptors (Lipinski definition) is 6. The lowest BCUT2D eigenvalue weighted by Crippen LogP contribution is -2.27. The standard InChI is InChI=1S/C26H42O6/c1-17-11-21-23(31-21)13-19(17)15-29-25(27)9-7-5-3-4-6-8-10-26(28)30-16-20-14-24-22(32-24)12-18(20)2/h17-24H,3-16H2,1-2H3. The fourth-order valence-electron chi connectivity index (χ4n) is 5.62. The van der Waals surface area contributed by atoms with Crippen LogP contribution < -0.4 is 0 Å². The molecule has 2 saturated heterocycles. The zero-order valence-corrected chi connectivity index (χ0v) is 20.0. The highest BCUT2D eigenvalue weighted by atomic mass is 16.6. The lowest BCUT2D eigenvalue weighted by molar-refractivity contribution is -0.146. The quantitative estimate of drug-likeness (QED) is 0.227. The zero-order valence-electron chi connectivity index (χ0n) is 20.0. The Bertz CT molecular complexity index is 582. The van der Waals surface area contributed by atoms with Crippen molar-refractivity contribution in [2.45, 2.75) is 115 Å². The van der Waals surface area contributed by atoms with Crippen LogP contribution >= 0.6 is 0 Å². The second kappa shape index (κ2) is 11.3. The Kier molecular flexibility index (Phi) is 8.49. The first-order chi connectivity index (χ1) is 15.5. The maximum absolute atomic E-state index is 12.0. The van der Waals surface area contributed by atoms with Crippen LogP contribution in [0.25, 0.3) is 0 Å². The van der Waals surface area contributed by atoms with Gasteiger partial charge in [-0.15, -0.1) is 0 Å². The second-order valence-corrected chi connectivity index (χ2v) is 10.8. The Labute approximate surface area is 193 Å². The summed E-state index contributed by atoms with van der Waals surface area (Å²) in [5, 5.41) is 0. The monoisotopic (exact) mass is 450 g/mol. The molecule has 0 aromatic heterocycles. The van der Waals surface area contributed by atoms with Gasteiger partial charge in [-0.1, -0.05) is 39.5 Å². The van der Waals surface area contributed by atoms with Crippen LogP contribution in [0.15, 0.2) is 0 Å². The summed E-state index contributed by atoms with van der Waals surface area (Å²) in [7, 11) is 0. The first kappa shape index (κ1) is 24.0. The number of carbonyl (C=O) groups is 2. The van der Waals surface area contributed by atoms with Gasteiger partial charge in [0.1, 0.15) is 0 Å². The van der Waals surface area contributed by atoms with Crippen molar-refractivity contribution in [3.63, 3.8) is 0 Å². The number of esters is 2. The Morgan fingerprint density at radius 2 is 1.00 bits per heavy atom. The van der Waals surface area contributed by atoms with Crippen LogP contribution in [0.4, 0.5) is 0 Å². The Balaban J connectivity index is 0.932. The van der Waals surface area contributed by atoms with Crippen LogP contribution in [-0.2, 0) is 28.5 Å². The van der Waals surface area contributed by atoms with Crippen molar-refractivity contribution in [2.24, 2.45) is 23.7 Å². The predicted octanol–water partition coefficient (Wildman–Crippen LogP) is 4.82. The van der Waals surface area contributed by atoms with Gasteiger partial charge in [-0.05, 0) is 62.2 Å². The summed E-state index contributed by atoms with van der Waals surface area (Å²) in [6.45, 7) is 5.59. The lowest BCUT2D eigenvalue weighted by Gasteiger charge is -2.25. The second-order valence-electron chi connectivity index (χ2n) is 10.8. The molecule has 2 saturated carbocycles. The van der Waals surface area contributed by atoms with Crippen LogP contribution in [0.3, 0.4) is 0 Å². The van der Waals surface area contributed by atoms with Gasteiger partial charge in [0.25, 0.3) is 0 Å². The van der Waals surface area contributed by atoms with Gasteiger partial charge in [-0.3, -0.25) is 9.59 Å². The van der Waals surface area contributed by atoms with Crippen LogP contribution in [0.1, 0.15) is 90.9 Å². The van der Waals surface area contributed by atoms with Crippen LogP contribution in [0, 0.1) is 23.7 Å². The summed E-state index contributed by atoms with van der Waals surface area (Å²) in [6.07, 6.45) is 13.2. The van der Waals surface area contributed by atoms with Crippen molar-refractivity contribution in [3.05, 3.63) is 0 Å². The summed E-state index contributed by atoms with van der Waals surface area (Å²) in [5.41, 5.74) is 0. The maximum Gasteiger partial charge on any atom is 0.305 e. The summed E-state index contributed by atoms with van der Waals surface area (Å²) >= 11 is 0. The van der Waals surface area contributed by atoms with E-state index >= 15 is 0 Å². The molecule has 0 bridgehead atoms. The van der Waals surface area contributed by atoms with Crippen molar-refractivity contribution in [1.82, 2.24) is 0 Å². The number of epoxide rings is 2. The average molecular weight is 451 g/mol. The molecule has 4 rings (SSSR count). The third-order valence-electron chi connectivity index (χ3n) is 8.19. The maximum atomic E-state index is 12.0. The molecule has 0 radical (unpaired) electrons. The van der Waals surface area contributed by atoms with E-state index in [-0.39, 0.29) is 11.9 Å². The number of unbranched alkanes of at least 4 members (excludes halogenated alkanes) is 5. The van der Waals surface area contributed by atoms with Gasteiger partial charge in [0.2, 0.25) is 0 Å². The van der Waals surface area contributed by atoms with Crippen molar-refractivity contribution in [3.8, 4) is 0 Å². The van der Waals surface area contributed by atoms with Gasteiger partial charge in [0.15, 0.2) is 0 Å². The number of carbonyl (C=O) groups excluding carboxylic acids is 2. The zero-order chi connectivity index (χ0) is 22.5. The number of ether oxygens (including phenoxy) is 4. The molecule has 4 fully saturated rings. The molecule has 0 N–H and O–H groups in total. The van der Waals surface area contributed by atoms with E-state index in [2.05, 4.69) is 13.8 Å². The summed E-state index contributed by atoms with van der Waals surface area (Å²) in [4.78, 5) is 24.0. The van der Waals surface area contributed by atoms with E-state index in [1.54, 1.807) is 0 Å². The highest BCUT2D eigenvalue weighted by molar-refractivity contribution is 5.69. The first-order valence-corrected chi connectivity index (χ1v) is 13.1. The molecule has 8 atom stereocenters. The molecule has 32 heavy (non-hydrogen) atoms. The van der Waals surface area contributed by atoms with Gasteiger partial charge < -0.3 is 18.9 Å². The Morgan fingerprint density at radius 1 is 0.625 bits per heavy atom. The molecule has 8 unspecified atom stereocenters. The third kappa shape index (κ3) is 7.18. The molecule has 0 spiro atoms. The molecule has 2 aliphatic heterocycles. The third-order valence-corrected chi connectivity index (χ3v) is 8.19. The molecular weight excluding hydrogens is 408 g/mol. The van der Waals surface area contributed by atoms with E-state index in [9.17, 15) is 9.59 Å². The van der Waals surface area contributed by atoms with Crippen LogP contribution in [0.2, 0.25) is 0 Å². The van der Waals surface area contributed by atoms with E-state index < -0.39 is 0 Å². The van der Waals surface area contributed by atoms with E-state index in [1.165, 1.54) is 0 Å². The minimum Gasteiger partial charge on any atom is -0.465 e. The normalized spacial score (nSPS) is 37.2. The minimum atomic E-state index is -0.0603. The fraction of sp³-hybridized carbons (Fsp3) is 0.923. The van der Waals surface area contributed by atoms with Crippen LogP contribution in [0.5, 0.6) is 0 Å². The predicted molar refractivity (Wildman–Crippen MR) is 120 cm³/mol. The van der Waals surface area contributed by atoms with Gasteiger partial charge >= 0.3 is 11.9 Å². The summed E-state index contributed by atoms with van der Waals surface area (Å²) in [5.74, 6) is 1.96. The largest absolute Gasteiger partial charge is 0.465 e. The van der Waals surface area contributed by atoms with Crippen molar-refractivity contribution < 1.29 is 28.5 Å². The van der Waals surface area contributed by atoms with E-state index in [1.807, 2.05) is 0 Å². The summed E-state index contributed by atoms with van der Waals surface area (Å²) in [6, 6.07) is 0. The molecule has 2 aliphatic carbocycles. The number of hydrogen-bond donors (Lipinski definition) is 0. The highest BCUT2D eigenvalue weighted by Gasteiger charge is 2.47. The Morgan fingerprint density at radius 3 is 1.44 bits per heavy atom. The van der Waals surface area contributed by atoms with E-state index in [4.69, 9.17) is 18.9 Å². The highest BCUT2D eigenvalue weighted by Crippen LogP contribution is 2.43. The molecule has 0 aromatic rings. The fourth-order valence-corrected chi connectivity index (χ4v) is 5.62. The topological polar surface area (TPSA) is 77.7 Å².